The standard InChI is InChI=1S/C16H26N2O4S/c1-23(21,22)17-6-5-12-4-2-3-7-18(12)16(20)14-9-11-8-13(14)15(19)10-11/h11-14,17H,2-10H2,1H3/t11-,12?,13+,14?/m0/s1. The number of hydrogen-bond donors (Lipinski definition) is 1. The van der Waals surface area contributed by atoms with E-state index in [4.69, 9.17) is 0 Å². The van der Waals surface area contributed by atoms with Crippen LogP contribution in [0, 0.1) is 17.8 Å². The van der Waals surface area contributed by atoms with Crippen LogP contribution in [-0.4, -0.2) is 50.4 Å². The van der Waals surface area contributed by atoms with Gasteiger partial charge in [-0.3, -0.25) is 9.59 Å². The molecule has 0 spiro atoms. The van der Waals surface area contributed by atoms with Crippen molar-refractivity contribution in [2.24, 2.45) is 17.8 Å². The Morgan fingerprint density at radius 2 is 2.09 bits per heavy atom. The number of Topliss-reactive ketones (excluding diaryl/α,β-unsaturated/α-hetero) is 1. The summed E-state index contributed by atoms with van der Waals surface area (Å²) in [5.74, 6) is 0.645. The molecule has 2 aliphatic carbocycles. The molecule has 2 saturated carbocycles. The summed E-state index contributed by atoms with van der Waals surface area (Å²) in [5, 5.41) is 0. The van der Waals surface area contributed by atoms with Gasteiger partial charge < -0.3 is 4.90 Å². The van der Waals surface area contributed by atoms with E-state index in [1.54, 1.807) is 0 Å². The van der Waals surface area contributed by atoms with E-state index in [9.17, 15) is 18.0 Å². The van der Waals surface area contributed by atoms with Gasteiger partial charge in [0.15, 0.2) is 0 Å². The zero-order valence-electron chi connectivity index (χ0n) is 13.7. The number of ketones is 1. The molecule has 1 amide bonds. The van der Waals surface area contributed by atoms with Crippen molar-refractivity contribution in [3.8, 4) is 0 Å². The van der Waals surface area contributed by atoms with Gasteiger partial charge in [0.1, 0.15) is 5.78 Å². The Morgan fingerprint density at radius 3 is 2.74 bits per heavy atom. The lowest BCUT2D eigenvalue weighted by Gasteiger charge is -2.38. The number of amides is 1. The third-order valence-electron chi connectivity index (χ3n) is 5.63. The molecule has 2 bridgehead atoms. The Labute approximate surface area is 138 Å². The maximum absolute atomic E-state index is 12.9. The predicted octanol–water partition coefficient (Wildman–Crippen LogP) is 0.922. The molecule has 1 saturated heterocycles. The lowest BCUT2D eigenvalue weighted by atomic mass is 9.85. The van der Waals surface area contributed by atoms with Crippen LogP contribution in [0.5, 0.6) is 0 Å². The quantitative estimate of drug-likeness (QED) is 0.805. The molecule has 7 heteroatoms. The number of rotatable bonds is 5. The highest BCUT2D eigenvalue weighted by Crippen LogP contribution is 2.47. The van der Waals surface area contributed by atoms with Crippen molar-refractivity contribution < 1.29 is 18.0 Å². The molecule has 2 unspecified atom stereocenters. The van der Waals surface area contributed by atoms with Crippen LogP contribution in [0.4, 0.5) is 0 Å². The number of likely N-dealkylation sites (tertiary alicyclic amines) is 1. The van der Waals surface area contributed by atoms with Gasteiger partial charge in [0.25, 0.3) is 0 Å². The average Bonchev–Trinajstić information content (AvgIpc) is 3.05. The van der Waals surface area contributed by atoms with Gasteiger partial charge in [-0.05, 0) is 44.4 Å². The van der Waals surface area contributed by atoms with Gasteiger partial charge in [-0.1, -0.05) is 0 Å². The van der Waals surface area contributed by atoms with Gasteiger partial charge in [0.2, 0.25) is 15.9 Å². The largest absolute Gasteiger partial charge is 0.339 e. The van der Waals surface area contributed by atoms with Gasteiger partial charge in [-0.15, -0.1) is 0 Å². The van der Waals surface area contributed by atoms with Gasteiger partial charge in [-0.25, -0.2) is 13.1 Å². The zero-order valence-corrected chi connectivity index (χ0v) is 14.5. The number of carbonyl (C=O) groups excluding carboxylic acids is 2. The van der Waals surface area contributed by atoms with Crippen LogP contribution in [0.25, 0.3) is 0 Å². The van der Waals surface area contributed by atoms with E-state index in [0.717, 1.165) is 44.9 Å². The minimum Gasteiger partial charge on any atom is -0.339 e. The van der Waals surface area contributed by atoms with E-state index in [1.807, 2.05) is 4.90 Å². The van der Waals surface area contributed by atoms with Gasteiger partial charge in [0.05, 0.1) is 6.26 Å². The Hall–Kier alpha value is -0.950. The number of piperidine rings is 1. The van der Waals surface area contributed by atoms with Crippen molar-refractivity contribution in [3.63, 3.8) is 0 Å². The van der Waals surface area contributed by atoms with Crippen molar-refractivity contribution >= 4 is 21.7 Å². The lowest BCUT2D eigenvalue weighted by Crippen LogP contribution is -2.49. The SMILES string of the molecule is CS(=O)(=O)NCCC1CCCCN1C(=O)C1C[C@H]2CC(=O)[C@@H]1C2. The number of carbonyl (C=O) groups is 2. The Bertz CT molecular complexity index is 589. The molecule has 4 atom stereocenters. The highest BCUT2D eigenvalue weighted by molar-refractivity contribution is 7.88. The number of sulfonamides is 1. The van der Waals surface area contributed by atoms with Crippen LogP contribution in [-0.2, 0) is 19.6 Å². The van der Waals surface area contributed by atoms with Crippen LogP contribution >= 0.6 is 0 Å². The highest BCUT2D eigenvalue weighted by Gasteiger charge is 2.50. The Balaban J connectivity index is 1.62. The third kappa shape index (κ3) is 3.76. The molecular formula is C16H26N2O4S. The van der Waals surface area contributed by atoms with Gasteiger partial charge in [-0.2, -0.15) is 0 Å². The van der Waals surface area contributed by atoms with Gasteiger partial charge >= 0.3 is 0 Å². The topological polar surface area (TPSA) is 83.6 Å². The molecule has 1 aliphatic heterocycles. The third-order valence-corrected chi connectivity index (χ3v) is 6.36. The maximum Gasteiger partial charge on any atom is 0.226 e. The Kier molecular flexibility index (Phi) is 4.78. The molecule has 23 heavy (non-hydrogen) atoms. The maximum atomic E-state index is 12.9. The number of hydrogen-bond acceptors (Lipinski definition) is 4. The van der Waals surface area contributed by atoms with Crippen LogP contribution in [0.2, 0.25) is 0 Å². The fourth-order valence-electron chi connectivity index (χ4n) is 4.59. The molecule has 6 nitrogen and oxygen atoms in total. The molecule has 0 aromatic rings. The van der Waals surface area contributed by atoms with E-state index >= 15 is 0 Å². The summed E-state index contributed by atoms with van der Waals surface area (Å²) in [6.07, 6.45) is 7.20. The van der Waals surface area contributed by atoms with Crippen molar-refractivity contribution in [3.05, 3.63) is 0 Å². The van der Waals surface area contributed by atoms with Crippen molar-refractivity contribution in [1.29, 1.82) is 0 Å². The summed E-state index contributed by atoms with van der Waals surface area (Å²) in [6, 6.07) is 0.0970. The van der Waals surface area contributed by atoms with E-state index in [1.165, 1.54) is 0 Å². The minimum atomic E-state index is -3.19. The molecule has 3 rings (SSSR count). The summed E-state index contributed by atoms with van der Waals surface area (Å²) >= 11 is 0. The highest BCUT2D eigenvalue weighted by atomic mass is 32.2. The van der Waals surface area contributed by atoms with Crippen molar-refractivity contribution in [2.45, 2.75) is 51.0 Å². The molecule has 130 valence electrons. The van der Waals surface area contributed by atoms with Crippen LogP contribution in [0.1, 0.15) is 44.9 Å². The summed E-state index contributed by atoms with van der Waals surface area (Å²) in [6.45, 7) is 1.10. The summed E-state index contributed by atoms with van der Waals surface area (Å²) in [7, 11) is -3.19. The van der Waals surface area contributed by atoms with E-state index in [2.05, 4.69) is 4.72 Å². The molecule has 0 aromatic carbocycles. The van der Waals surface area contributed by atoms with E-state index in [-0.39, 0.29) is 29.6 Å². The van der Waals surface area contributed by atoms with E-state index in [0.29, 0.717) is 25.3 Å². The molecule has 3 aliphatic rings. The average molecular weight is 342 g/mol. The van der Waals surface area contributed by atoms with E-state index < -0.39 is 10.0 Å². The van der Waals surface area contributed by atoms with Gasteiger partial charge in [0, 0.05) is 37.4 Å². The van der Waals surface area contributed by atoms with Crippen LogP contribution < -0.4 is 4.72 Å². The molecule has 0 radical (unpaired) electrons. The predicted molar refractivity (Wildman–Crippen MR) is 86.1 cm³/mol. The fraction of sp³-hybridized carbons (Fsp3) is 0.875. The molecule has 1 heterocycles. The smallest absolute Gasteiger partial charge is 0.226 e. The van der Waals surface area contributed by atoms with Crippen molar-refractivity contribution in [2.75, 3.05) is 19.3 Å². The molecule has 1 N–H and O–H groups in total. The summed E-state index contributed by atoms with van der Waals surface area (Å²) in [5.41, 5.74) is 0. The van der Waals surface area contributed by atoms with Crippen LogP contribution in [0.3, 0.4) is 0 Å². The monoisotopic (exact) mass is 342 g/mol. The molecular weight excluding hydrogens is 316 g/mol. The minimum absolute atomic E-state index is 0.0516. The number of nitrogens with zero attached hydrogens (tertiary/aromatic N) is 1. The fourth-order valence-corrected chi connectivity index (χ4v) is 5.08. The van der Waals surface area contributed by atoms with Crippen molar-refractivity contribution in [1.82, 2.24) is 9.62 Å². The summed E-state index contributed by atoms with van der Waals surface area (Å²) < 4.78 is 24.9. The molecule has 0 aromatic heterocycles. The number of nitrogens with one attached hydrogen (secondary N) is 1. The van der Waals surface area contributed by atoms with Crippen LogP contribution in [0.15, 0.2) is 0 Å². The second-order valence-electron chi connectivity index (χ2n) is 7.36. The second kappa shape index (κ2) is 6.51. The first kappa shape index (κ1) is 16.9. The normalized spacial score (nSPS) is 34.1. The zero-order chi connectivity index (χ0) is 16.6. The second-order valence-corrected chi connectivity index (χ2v) is 9.19. The first-order valence-corrected chi connectivity index (χ1v) is 10.5. The lowest BCUT2D eigenvalue weighted by molar-refractivity contribution is -0.144. The number of fused-ring (bicyclic) bond motifs is 2. The first-order valence-electron chi connectivity index (χ1n) is 8.63. The first-order chi connectivity index (χ1) is 10.8. The Morgan fingerprint density at radius 1 is 1.30 bits per heavy atom. The molecule has 3 fully saturated rings. The summed E-state index contributed by atoms with van der Waals surface area (Å²) in [4.78, 5) is 26.8.